The molecule has 0 saturated heterocycles. The number of aromatic nitrogens is 2. The van der Waals surface area contributed by atoms with Gasteiger partial charge in [-0.05, 0) is 25.3 Å². The SMILES string of the molecule is CCC1(CC)[C@H](NC(=O)c2ccn[nH]2)C[C@H]1OC. The lowest BCUT2D eigenvalue weighted by atomic mass is 9.58. The number of H-pyrrole nitrogens is 1. The lowest BCUT2D eigenvalue weighted by Crippen LogP contribution is -2.64. The minimum Gasteiger partial charge on any atom is -0.381 e. The fraction of sp³-hybridized carbons (Fsp3) is 0.692. The van der Waals surface area contributed by atoms with E-state index in [0.29, 0.717) is 5.69 Å². The van der Waals surface area contributed by atoms with Crippen molar-refractivity contribution in [3.05, 3.63) is 18.0 Å². The summed E-state index contributed by atoms with van der Waals surface area (Å²) < 4.78 is 5.51. The van der Waals surface area contributed by atoms with Crippen molar-refractivity contribution in [3.63, 3.8) is 0 Å². The summed E-state index contributed by atoms with van der Waals surface area (Å²) in [5.74, 6) is -0.0849. The second-order valence-electron chi connectivity index (χ2n) is 4.90. The molecule has 0 unspecified atom stereocenters. The molecule has 1 fully saturated rings. The minimum absolute atomic E-state index is 0.0738. The molecule has 0 radical (unpaired) electrons. The monoisotopic (exact) mass is 251 g/mol. The standard InChI is InChI=1S/C13H21N3O2/c1-4-13(5-2)10(8-11(13)18-3)15-12(17)9-6-7-14-16-9/h6-7,10-11H,4-5,8H2,1-3H3,(H,14,16)(H,15,17)/t10-,11-/m1/s1. The van der Waals surface area contributed by atoms with Gasteiger partial charge in [0, 0.05) is 24.8 Å². The zero-order valence-electron chi connectivity index (χ0n) is 11.2. The molecule has 0 spiro atoms. The predicted molar refractivity (Wildman–Crippen MR) is 68.3 cm³/mol. The molecule has 1 aromatic heterocycles. The fourth-order valence-electron chi connectivity index (χ4n) is 3.10. The first kappa shape index (κ1) is 13.1. The van der Waals surface area contributed by atoms with Gasteiger partial charge in [-0.25, -0.2) is 0 Å². The van der Waals surface area contributed by atoms with E-state index in [4.69, 9.17) is 4.74 Å². The molecule has 5 nitrogen and oxygen atoms in total. The van der Waals surface area contributed by atoms with Crippen molar-refractivity contribution in [2.24, 2.45) is 5.41 Å². The zero-order valence-corrected chi connectivity index (χ0v) is 11.2. The average molecular weight is 251 g/mol. The Labute approximate surface area is 107 Å². The van der Waals surface area contributed by atoms with E-state index < -0.39 is 0 Å². The molecular formula is C13H21N3O2. The van der Waals surface area contributed by atoms with E-state index in [9.17, 15) is 4.79 Å². The van der Waals surface area contributed by atoms with Gasteiger partial charge in [-0.15, -0.1) is 0 Å². The maximum Gasteiger partial charge on any atom is 0.269 e. The number of rotatable bonds is 5. The van der Waals surface area contributed by atoms with Gasteiger partial charge in [-0.3, -0.25) is 9.89 Å². The van der Waals surface area contributed by atoms with Gasteiger partial charge in [0.25, 0.3) is 5.91 Å². The lowest BCUT2D eigenvalue weighted by molar-refractivity contribution is -0.120. The summed E-state index contributed by atoms with van der Waals surface area (Å²) in [6.07, 6.45) is 4.74. The van der Waals surface area contributed by atoms with E-state index >= 15 is 0 Å². The zero-order chi connectivity index (χ0) is 13.2. The van der Waals surface area contributed by atoms with Crippen LogP contribution >= 0.6 is 0 Å². The van der Waals surface area contributed by atoms with Gasteiger partial charge >= 0.3 is 0 Å². The van der Waals surface area contributed by atoms with E-state index in [2.05, 4.69) is 29.4 Å². The Morgan fingerprint density at radius 3 is 2.83 bits per heavy atom. The molecule has 1 amide bonds. The Hall–Kier alpha value is -1.36. The third-order valence-electron chi connectivity index (χ3n) is 4.44. The lowest BCUT2D eigenvalue weighted by Gasteiger charge is -2.55. The van der Waals surface area contributed by atoms with Crippen molar-refractivity contribution < 1.29 is 9.53 Å². The van der Waals surface area contributed by atoms with Crippen molar-refractivity contribution in [1.29, 1.82) is 0 Å². The Kier molecular flexibility index (Phi) is 3.71. The fourth-order valence-corrected chi connectivity index (χ4v) is 3.10. The summed E-state index contributed by atoms with van der Waals surface area (Å²) in [5.41, 5.74) is 0.585. The van der Waals surface area contributed by atoms with E-state index in [1.54, 1.807) is 19.4 Å². The Morgan fingerprint density at radius 2 is 2.33 bits per heavy atom. The highest BCUT2D eigenvalue weighted by atomic mass is 16.5. The van der Waals surface area contributed by atoms with Crippen LogP contribution in [0.5, 0.6) is 0 Å². The van der Waals surface area contributed by atoms with E-state index in [1.165, 1.54) is 0 Å². The Morgan fingerprint density at radius 1 is 1.61 bits per heavy atom. The maximum absolute atomic E-state index is 12.0. The van der Waals surface area contributed by atoms with Crippen molar-refractivity contribution in [1.82, 2.24) is 15.5 Å². The van der Waals surface area contributed by atoms with Crippen LogP contribution in [0.1, 0.15) is 43.6 Å². The molecule has 1 aromatic rings. The normalized spacial score (nSPS) is 25.5. The summed E-state index contributed by atoms with van der Waals surface area (Å²) in [5, 5.41) is 9.56. The number of methoxy groups -OCH3 is 1. The van der Waals surface area contributed by atoms with Crippen LogP contribution in [0.25, 0.3) is 0 Å². The maximum atomic E-state index is 12.0. The number of ether oxygens (including phenoxy) is 1. The number of amides is 1. The summed E-state index contributed by atoms with van der Waals surface area (Å²) in [7, 11) is 1.75. The third-order valence-corrected chi connectivity index (χ3v) is 4.44. The van der Waals surface area contributed by atoms with Gasteiger partial charge in [0.15, 0.2) is 0 Å². The number of carbonyl (C=O) groups is 1. The first-order chi connectivity index (χ1) is 8.67. The van der Waals surface area contributed by atoms with E-state index in [-0.39, 0.29) is 23.5 Å². The minimum atomic E-state index is -0.0849. The van der Waals surface area contributed by atoms with Gasteiger partial charge in [0.2, 0.25) is 0 Å². The predicted octanol–water partition coefficient (Wildman–Crippen LogP) is 1.73. The molecule has 2 rings (SSSR count). The second kappa shape index (κ2) is 5.10. The van der Waals surface area contributed by atoms with Crippen molar-refractivity contribution in [2.75, 3.05) is 7.11 Å². The van der Waals surface area contributed by atoms with Gasteiger partial charge in [-0.2, -0.15) is 5.10 Å². The molecule has 100 valence electrons. The van der Waals surface area contributed by atoms with Crippen molar-refractivity contribution in [2.45, 2.75) is 45.3 Å². The van der Waals surface area contributed by atoms with Crippen LogP contribution in [0, 0.1) is 5.41 Å². The number of hydrogen-bond acceptors (Lipinski definition) is 3. The van der Waals surface area contributed by atoms with E-state index in [0.717, 1.165) is 19.3 Å². The first-order valence-corrected chi connectivity index (χ1v) is 6.51. The highest BCUT2D eigenvalue weighted by Crippen LogP contribution is 2.48. The quantitative estimate of drug-likeness (QED) is 0.837. The molecular weight excluding hydrogens is 230 g/mol. The number of nitrogens with zero attached hydrogens (tertiary/aromatic N) is 1. The second-order valence-corrected chi connectivity index (χ2v) is 4.90. The molecule has 1 aliphatic rings. The smallest absolute Gasteiger partial charge is 0.269 e. The van der Waals surface area contributed by atoms with Crippen LogP contribution in [0.2, 0.25) is 0 Å². The summed E-state index contributed by atoms with van der Waals surface area (Å²) >= 11 is 0. The van der Waals surface area contributed by atoms with Gasteiger partial charge in [0.05, 0.1) is 6.10 Å². The number of carbonyl (C=O) groups excluding carboxylic acids is 1. The van der Waals surface area contributed by atoms with Crippen LogP contribution < -0.4 is 5.32 Å². The van der Waals surface area contributed by atoms with Gasteiger partial charge < -0.3 is 10.1 Å². The molecule has 1 aliphatic carbocycles. The van der Waals surface area contributed by atoms with Gasteiger partial charge in [0.1, 0.15) is 5.69 Å². The number of hydrogen-bond donors (Lipinski definition) is 2. The molecule has 0 aromatic carbocycles. The Bertz CT molecular complexity index is 398. The third kappa shape index (κ3) is 1.92. The molecule has 0 bridgehead atoms. The van der Waals surface area contributed by atoms with Crippen LogP contribution in [0.4, 0.5) is 0 Å². The van der Waals surface area contributed by atoms with Gasteiger partial charge in [-0.1, -0.05) is 13.8 Å². The van der Waals surface area contributed by atoms with Crippen LogP contribution in [-0.4, -0.2) is 35.4 Å². The summed E-state index contributed by atoms with van der Waals surface area (Å²) in [4.78, 5) is 12.0. The molecule has 5 heteroatoms. The van der Waals surface area contributed by atoms with Crippen molar-refractivity contribution in [3.8, 4) is 0 Å². The van der Waals surface area contributed by atoms with E-state index in [1.807, 2.05) is 0 Å². The molecule has 18 heavy (non-hydrogen) atoms. The van der Waals surface area contributed by atoms with Crippen LogP contribution in [-0.2, 0) is 4.74 Å². The summed E-state index contributed by atoms with van der Waals surface area (Å²) in [6.45, 7) is 4.31. The molecule has 1 heterocycles. The topological polar surface area (TPSA) is 67.0 Å². The first-order valence-electron chi connectivity index (χ1n) is 6.51. The van der Waals surface area contributed by atoms with Crippen LogP contribution in [0.3, 0.4) is 0 Å². The number of aromatic amines is 1. The molecule has 0 aliphatic heterocycles. The largest absolute Gasteiger partial charge is 0.381 e. The highest BCUT2D eigenvalue weighted by molar-refractivity contribution is 5.92. The van der Waals surface area contributed by atoms with Crippen LogP contribution in [0.15, 0.2) is 12.3 Å². The summed E-state index contributed by atoms with van der Waals surface area (Å²) in [6, 6.07) is 1.87. The average Bonchev–Trinajstić information content (AvgIpc) is 2.89. The molecule has 2 atom stereocenters. The molecule has 1 saturated carbocycles. The molecule has 2 N–H and O–H groups in total. The number of nitrogens with one attached hydrogen (secondary N) is 2. The Balaban J connectivity index is 2.04. The highest BCUT2D eigenvalue weighted by Gasteiger charge is 2.53. The van der Waals surface area contributed by atoms with Crippen molar-refractivity contribution >= 4 is 5.91 Å².